The maximum Gasteiger partial charge on any atom is 0.322 e. The molecule has 1 atom stereocenters. The largest absolute Gasteiger partial charge is 0.480 e. The van der Waals surface area contributed by atoms with Gasteiger partial charge in [-0.05, 0) is 32.4 Å². The van der Waals surface area contributed by atoms with Crippen LogP contribution in [-0.4, -0.2) is 47.7 Å². The second-order valence-electron chi connectivity index (χ2n) is 4.17. The predicted molar refractivity (Wildman–Crippen MR) is 60.0 cm³/mol. The van der Waals surface area contributed by atoms with Gasteiger partial charge in [0.05, 0.1) is 0 Å². The zero-order chi connectivity index (χ0) is 11.3. The van der Waals surface area contributed by atoms with E-state index in [-0.39, 0.29) is 0 Å². The average Bonchev–Trinajstić information content (AvgIpc) is 2.99. The fourth-order valence-electron chi connectivity index (χ4n) is 1.86. The topological polar surface area (TPSA) is 52.6 Å². The summed E-state index contributed by atoms with van der Waals surface area (Å²) in [5.74, 6) is -0.737. The molecule has 0 heterocycles. The summed E-state index contributed by atoms with van der Waals surface area (Å²) in [6.07, 6.45) is 3.56. The minimum atomic E-state index is -0.737. The fraction of sp³-hybridized carbons (Fsp3) is 0.909. The van der Waals surface area contributed by atoms with Gasteiger partial charge in [-0.1, -0.05) is 13.8 Å². The van der Waals surface area contributed by atoms with E-state index in [4.69, 9.17) is 5.11 Å². The van der Waals surface area contributed by atoms with Crippen molar-refractivity contribution in [3.05, 3.63) is 0 Å². The smallest absolute Gasteiger partial charge is 0.322 e. The van der Waals surface area contributed by atoms with E-state index in [9.17, 15) is 4.79 Å². The molecule has 0 aliphatic heterocycles. The molecule has 0 spiro atoms. The molecule has 0 bridgehead atoms. The molecular formula is C11H22N2O2. The van der Waals surface area contributed by atoms with Crippen LogP contribution in [-0.2, 0) is 4.79 Å². The van der Waals surface area contributed by atoms with Crippen molar-refractivity contribution in [1.82, 2.24) is 10.2 Å². The Morgan fingerprint density at radius 1 is 1.53 bits per heavy atom. The molecule has 0 saturated heterocycles. The normalized spacial score (nSPS) is 18.1. The highest BCUT2D eigenvalue weighted by Crippen LogP contribution is 2.26. The molecule has 0 radical (unpaired) electrons. The zero-order valence-electron chi connectivity index (χ0n) is 9.70. The molecule has 88 valence electrons. The van der Waals surface area contributed by atoms with E-state index in [0.29, 0.717) is 19.1 Å². The monoisotopic (exact) mass is 214 g/mol. The van der Waals surface area contributed by atoms with Crippen molar-refractivity contribution in [2.24, 2.45) is 0 Å². The first kappa shape index (κ1) is 12.5. The number of rotatable bonds is 8. The van der Waals surface area contributed by atoms with Gasteiger partial charge in [0.2, 0.25) is 0 Å². The Morgan fingerprint density at radius 2 is 2.20 bits per heavy atom. The van der Waals surface area contributed by atoms with E-state index in [1.54, 1.807) is 0 Å². The van der Waals surface area contributed by atoms with E-state index in [2.05, 4.69) is 17.1 Å². The van der Waals surface area contributed by atoms with Crippen LogP contribution in [0.4, 0.5) is 0 Å². The molecule has 0 amide bonds. The Morgan fingerprint density at radius 3 is 2.60 bits per heavy atom. The van der Waals surface area contributed by atoms with Crippen molar-refractivity contribution < 1.29 is 9.90 Å². The lowest BCUT2D eigenvalue weighted by Crippen LogP contribution is -2.47. The molecule has 15 heavy (non-hydrogen) atoms. The number of carboxylic acid groups (broad SMARTS) is 1. The number of nitrogens with zero attached hydrogens (tertiary/aromatic N) is 1. The lowest BCUT2D eigenvalue weighted by Gasteiger charge is -2.25. The Kier molecular flexibility index (Phi) is 5.05. The molecule has 1 saturated carbocycles. The van der Waals surface area contributed by atoms with Gasteiger partial charge >= 0.3 is 5.97 Å². The van der Waals surface area contributed by atoms with Crippen molar-refractivity contribution in [3.63, 3.8) is 0 Å². The third kappa shape index (κ3) is 4.18. The van der Waals surface area contributed by atoms with Gasteiger partial charge in [-0.25, -0.2) is 0 Å². The average molecular weight is 214 g/mol. The molecule has 2 N–H and O–H groups in total. The summed E-state index contributed by atoms with van der Waals surface area (Å²) in [7, 11) is 0. The predicted octanol–water partition coefficient (Wildman–Crippen LogP) is 0.923. The molecule has 0 aromatic heterocycles. The van der Waals surface area contributed by atoms with Gasteiger partial charge in [0.25, 0.3) is 0 Å². The second kappa shape index (κ2) is 6.08. The number of hydrogen-bond donors (Lipinski definition) is 2. The van der Waals surface area contributed by atoms with Gasteiger partial charge < -0.3 is 10.4 Å². The number of hydrogen-bond acceptors (Lipinski definition) is 3. The Hall–Kier alpha value is -0.610. The van der Waals surface area contributed by atoms with E-state index < -0.39 is 12.0 Å². The molecule has 1 rings (SSSR count). The molecular weight excluding hydrogens is 192 g/mol. The van der Waals surface area contributed by atoms with Crippen molar-refractivity contribution in [3.8, 4) is 0 Å². The van der Waals surface area contributed by atoms with Crippen LogP contribution in [0, 0.1) is 0 Å². The lowest BCUT2D eigenvalue weighted by molar-refractivity contribution is -0.140. The van der Waals surface area contributed by atoms with Crippen molar-refractivity contribution in [1.29, 1.82) is 0 Å². The molecule has 1 fully saturated rings. The summed E-state index contributed by atoms with van der Waals surface area (Å²) in [6, 6.07) is 0.229. The molecule has 1 unspecified atom stereocenters. The number of nitrogens with one attached hydrogen (secondary N) is 1. The van der Waals surface area contributed by atoms with Gasteiger partial charge in [-0.15, -0.1) is 0 Å². The van der Waals surface area contributed by atoms with E-state index in [1.807, 2.05) is 6.92 Å². The third-order valence-corrected chi connectivity index (χ3v) is 2.74. The SMILES string of the molecule is CCCN(CC(NCC)C(=O)O)C1CC1. The highest BCUT2D eigenvalue weighted by atomic mass is 16.4. The number of aliphatic carboxylic acids is 1. The van der Waals surface area contributed by atoms with Crippen LogP contribution < -0.4 is 5.32 Å². The summed E-state index contributed by atoms with van der Waals surface area (Å²) in [5, 5.41) is 12.0. The van der Waals surface area contributed by atoms with Crippen LogP contribution in [0.3, 0.4) is 0 Å². The molecule has 0 aromatic rings. The minimum Gasteiger partial charge on any atom is -0.480 e. The van der Waals surface area contributed by atoms with Gasteiger partial charge in [-0.2, -0.15) is 0 Å². The van der Waals surface area contributed by atoms with Crippen LogP contribution in [0.25, 0.3) is 0 Å². The minimum absolute atomic E-state index is 0.415. The Labute approximate surface area is 91.6 Å². The quantitative estimate of drug-likeness (QED) is 0.631. The van der Waals surface area contributed by atoms with Crippen LogP contribution in [0.2, 0.25) is 0 Å². The summed E-state index contributed by atoms with van der Waals surface area (Å²) in [6.45, 7) is 6.44. The van der Waals surface area contributed by atoms with Crippen LogP contribution in [0.1, 0.15) is 33.1 Å². The van der Waals surface area contributed by atoms with Crippen molar-refractivity contribution in [2.45, 2.75) is 45.2 Å². The molecule has 1 aliphatic carbocycles. The van der Waals surface area contributed by atoms with Gasteiger partial charge in [0, 0.05) is 12.6 Å². The van der Waals surface area contributed by atoms with Gasteiger partial charge in [0.15, 0.2) is 0 Å². The highest BCUT2D eigenvalue weighted by Gasteiger charge is 2.31. The summed E-state index contributed by atoms with van der Waals surface area (Å²) >= 11 is 0. The number of likely N-dealkylation sites (N-methyl/N-ethyl adjacent to an activating group) is 1. The standard InChI is InChI=1S/C11H22N2O2/c1-3-7-13(9-5-6-9)8-10(11(14)15)12-4-2/h9-10,12H,3-8H2,1-2H3,(H,14,15). The first-order chi connectivity index (χ1) is 7.19. The fourth-order valence-corrected chi connectivity index (χ4v) is 1.86. The maximum absolute atomic E-state index is 11.0. The molecule has 4 nitrogen and oxygen atoms in total. The molecule has 1 aliphatic rings. The van der Waals surface area contributed by atoms with E-state index >= 15 is 0 Å². The summed E-state index contributed by atoms with van der Waals surface area (Å²) in [5.41, 5.74) is 0. The highest BCUT2D eigenvalue weighted by molar-refractivity contribution is 5.73. The molecule has 0 aromatic carbocycles. The first-order valence-corrected chi connectivity index (χ1v) is 5.89. The van der Waals surface area contributed by atoms with Crippen LogP contribution >= 0.6 is 0 Å². The zero-order valence-corrected chi connectivity index (χ0v) is 9.70. The van der Waals surface area contributed by atoms with Crippen molar-refractivity contribution in [2.75, 3.05) is 19.6 Å². The third-order valence-electron chi connectivity index (χ3n) is 2.74. The Bertz CT molecular complexity index is 205. The molecule has 4 heteroatoms. The Balaban J connectivity index is 2.41. The first-order valence-electron chi connectivity index (χ1n) is 5.89. The van der Waals surface area contributed by atoms with Gasteiger partial charge in [-0.3, -0.25) is 9.69 Å². The number of carboxylic acids is 1. The maximum atomic E-state index is 11.0. The lowest BCUT2D eigenvalue weighted by atomic mass is 10.2. The summed E-state index contributed by atoms with van der Waals surface area (Å²) < 4.78 is 0. The van der Waals surface area contributed by atoms with Crippen molar-refractivity contribution >= 4 is 5.97 Å². The van der Waals surface area contributed by atoms with E-state index in [0.717, 1.165) is 13.0 Å². The van der Waals surface area contributed by atoms with Crippen LogP contribution in [0.15, 0.2) is 0 Å². The second-order valence-corrected chi connectivity index (χ2v) is 4.17. The van der Waals surface area contributed by atoms with Crippen LogP contribution in [0.5, 0.6) is 0 Å². The van der Waals surface area contributed by atoms with E-state index in [1.165, 1.54) is 12.8 Å². The number of carbonyl (C=O) groups is 1. The summed E-state index contributed by atoms with van der Waals surface area (Å²) in [4.78, 5) is 13.3. The van der Waals surface area contributed by atoms with Gasteiger partial charge in [0.1, 0.15) is 6.04 Å².